The molecule has 0 radical (unpaired) electrons. The van der Waals surface area contributed by atoms with Gasteiger partial charge in [0.25, 0.3) is 5.91 Å². The zero-order valence-corrected chi connectivity index (χ0v) is 16.4. The number of hydrogen-bond donors (Lipinski definition) is 2. The van der Waals surface area contributed by atoms with Crippen LogP contribution in [0.4, 0.5) is 5.69 Å². The van der Waals surface area contributed by atoms with Gasteiger partial charge in [0.05, 0.1) is 11.1 Å². The summed E-state index contributed by atoms with van der Waals surface area (Å²) in [5, 5.41) is 6.90. The molecule has 0 atom stereocenters. The third-order valence-electron chi connectivity index (χ3n) is 4.41. The number of ether oxygens (including phenoxy) is 1. The van der Waals surface area contributed by atoms with E-state index in [0.29, 0.717) is 16.3 Å². The minimum Gasteiger partial charge on any atom is -0.489 e. The van der Waals surface area contributed by atoms with Crippen LogP contribution >= 0.6 is 11.6 Å². The standard InChI is InChI=1S/C21H25ClN2O2/c1-13(2)26-19-8-6-14(10-18(19)22)20(25)24-17-7-5-15-11-21(3,4)23-12-16(15)9-17/h5-10,13,23H,11-12H2,1-4H3,(H,24,25). The number of amides is 1. The molecule has 2 aromatic rings. The average Bonchev–Trinajstić information content (AvgIpc) is 2.56. The van der Waals surface area contributed by atoms with Crippen LogP contribution in [-0.4, -0.2) is 17.6 Å². The maximum Gasteiger partial charge on any atom is 0.255 e. The Hall–Kier alpha value is -2.04. The van der Waals surface area contributed by atoms with Crippen LogP contribution in [0.1, 0.15) is 49.2 Å². The normalized spacial score (nSPS) is 15.5. The molecule has 0 saturated carbocycles. The van der Waals surface area contributed by atoms with Crippen LogP contribution in [0.25, 0.3) is 0 Å². The van der Waals surface area contributed by atoms with Crippen LogP contribution in [-0.2, 0) is 13.0 Å². The van der Waals surface area contributed by atoms with Crippen LogP contribution < -0.4 is 15.4 Å². The van der Waals surface area contributed by atoms with E-state index in [1.807, 2.05) is 26.0 Å². The minimum atomic E-state index is -0.188. The van der Waals surface area contributed by atoms with E-state index >= 15 is 0 Å². The quantitative estimate of drug-likeness (QED) is 0.810. The second-order valence-corrected chi connectivity index (χ2v) is 8.07. The van der Waals surface area contributed by atoms with Crippen molar-refractivity contribution >= 4 is 23.2 Å². The van der Waals surface area contributed by atoms with Gasteiger partial charge in [-0.15, -0.1) is 0 Å². The highest BCUT2D eigenvalue weighted by atomic mass is 35.5. The van der Waals surface area contributed by atoms with Gasteiger partial charge in [0, 0.05) is 23.3 Å². The maximum absolute atomic E-state index is 12.5. The van der Waals surface area contributed by atoms with Gasteiger partial charge < -0.3 is 15.4 Å². The van der Waals surface area contributed by atoms with E-state index in [2.05, 4.69) is 30.5 Å². The fourth-order valence-corrected chi connectivity index (χ4v) is 3.33. The Morgan fingerprint density at radius 3 is 2.65 bits per heavy atom. The van der Waals surface area contributed by atoms with Gasteiger partial charge in [0.15, 0.2) is 0 Å². The molecule has 0 aromatic heterocycles. The summed E-state index contributed by atoms with van der Waals surface area (Å²) in [7, 11) is 0. The Labute approximate surface area is 159 Å². The number of hydrogen-bond acceptors (Lipinski definition) is 3. The van der Waals surface area contributed by atoms with E-state index in [4.69, 9.17) is 16.3 Å². The summed E-state index contributed by atoms with van der Waals surface area (Å²) < 4.78 is 5.61. The molecular weight excluding hydrogens is 348 g/mol. The average molecular weight is 373 g/mol. The molecule has 1 amide bonds. The highest BCUT2D eigenvalue weighted by Crippen LogP contribution is 2.28. The molecule has 0 unspecified atom stereocenters. The molecule has 1 aliphatic rings. The third kappa shape index (κ3) is 4.37. The topological polar surface area (TPSA) is 50.4 Å². The number of anilines is 1. The van der Waals surface area contributed by atoms with Crippen molar-refractivity contribution in [1.29, 1.82) is 0 Å². The summed E-state index contributed by atoms with van der Waals surface area (Å²) in [6.07, 6.45) is 1.00. The molecule has 1 aliphatic heterocycles. The van der Waals surface area contributed by atoms with E-state index in [9.17, 15) is 4.79 Å². The molecule has 5 heteroatoms. The second kappa shape index (κ2) is 7.29. The first-order valence-electron chi connectivity index (χ1n) is 8.88. The summed E-state index contributed by atoms with van der Waals surface area (Å²) in [4.78, 5) is 12.5. The molecular formula is C21H25ClN2O2. The zero-order valence-electron chi connectivity index (χ0n) is 15.7. The molecule has 0 spiro atoms. The first-order chi connectivity index (χ1) is 12.2. The zero-order chi connectivity index (χ0) is 18.9. The summed E-state index contributed by atoms with van der Waals surface area (Å²) in [5.74, 6) is 0.396. The van der Waals surface area contributed by atoms with E-state index in [1.165, 1.54) is 11.1 Å². The Morgan fingerprint density at radius 2 is 1.96 bits per heavy atom. The van der Waals surface area contributed by atoms with Gasteiger partial charge in [-0.3, -0.25) is 4.79 Å². The molecule has 26 heavy (non-hydrogen) atoms. The Bertz CT molecular complexity index is 831. The van der Waals surface area contributed by atoms with Crippen molar-refractivity contribution in [1.82, 2.24) is 5.32 Å². The van der Waals surface area contributed by atoms with Crippen LogP contribution in [0, 0.1) is 0 Å². The molecule has 0 fully saturated rings. The lowest BCUT2D eigenvalue weighted by atomic mass is 9.87. The number of nitrogens with one attached hydrogen (secondary N) is 2. The molecule has 0 aliphatic carbocycles. The fraction of sp³-hybridized carbons (Fsp3) is 0.381. The van der Waals surface area contributed by atoms with Crippen molar-refractivity contribution < 1.29 is 9.53 Å². The summed E-state index contributed by atoms with van der Waals surface area (Å²) in [5.41, 5.74) is 3.94. The van der Waals surface area contributed by atoms with Gasteiger partial charge in [-0.2, -0.15) is 0 Å². The van der Waals surface area contributed by atoms with Gasteiger partial charge in [0.2, 0.25) is 0 Å². The van der Waals surface area contributed by atoms with Crippen LogP contribution in [0.2, 0.25) is 5.02 Å². The van der Waals surface area contributed by atoms with Crippen molar-refractivity contribution in [3.8, 4) is 5.75 Å². The lowest BCUT2D eigenvalue weighted by Gasteiger charge is -2.33. The molecule has 3 rings (SSSR count). The fourth-order valence-electron chi connectivity index (χ4n) is 3.11. The number of carbonyl (C=O) groups excluding carboxylic acids is 1. The highest BCUT2D eigenvalue weighted by molar-refractivity contribution is 6.32. The molecule has 4 nitrogen and oxygen atoms in total. The number of rotatable bonds is 4. The summed E-state index contributed by atoms with van der Waals surface area (Å²) in [6.45, 7) is 9.06. The molecule has 0 saturated heterocycles. The third-order valence-corrected chi connectivity index (χ3v) is 4.71. The molecule has 2 N–H and O–H groups in total. The Morgan fingerprint density at radius 1 is 1.19 bits per heavy atom. The van der Waals surface area contributed by atoms with E-state index in [-0.39, 0.29) is 17.6 Å². The van der Waals surface area contributed by atoms with Gasteiger partial charge in [-0.25, -0.2) is 0 Å². The Balaban J connectivity index is 1.73. The first-order valence-corrected chi connectivity index (χ1v) is 9.26. The SMILES string of the molecule is CC(C)Oc1ccc(C(=O)Nc2ccc3c(c2)CNC(C)(C)C3)cc1Cl. The molecule has 0 bridgehead atoms. The number of fused-ring (bicyclic) bond motifs is 1. The van der Waals surface area contributed by atoms with E-state index < -0.39 is 0 Å². The Kier molecular flexibility index (Phi) is 5.26. The van der Waals surface area contributed by atoms with Crippen molar-refractivity contribution in [2.45, 2.75) is 52.3 Å². The smallest absolute Gasteiger partial charge is 0.255 e. The molecule has 1 heterocycles. The number of halogens is 1. The van der Waals surface area contributed by atoms with Gasteiger partial charge in [0.1, 0.15) is 5.75 Å². The largest absolute Gasteiger partial charge is 0.489 e. The predicted molar refractivity (Wildman–Crippen MR) is 106 cm³/mol. The summed E-state index contributed by atoms with van der Waals surface area (Å²) >= 11 is 6.23. The molecule has 2 aromatic carbocycles. The lowest BCUT2D eigenvalue weighted by Crippen LogP contribution is -2.44. The van der Waals surface area contributed by atoms with Crippen molar-refractivity contribution in [3.05, 3.63) is 58.1 Å². The minimum absolute atomic E-state index is 0.0289. The monoisotopic (exact) mass is 372 g/mol. The van der Waals surface area contributed by atoms with Crippen LogP contribution in [0.5, 0.6) is 5.75 Å². The van der Waals surface area contributed by atoms with Crippen molar-refractivity contribution in [2.24, 2.45) is 0 Å². The van der Waals surface area contributed by atoms with Crippen molar-refractivity contribution in [2.75, 3.05) is 5.32 Å². The maximum atomic E-state index is 12.5. The lowest BCUT2D eigenvalue weighted by molar-refractivity contribution is 0.102. The number of carbonyl (C=O) groups is 1. The molecule has 138 valence electrons. The van der Waals surface area contributed by atoms with Gasteiger partial charge >= 0.3 is 0 Å². The second-order valence-electron chi connectivity index (χ2n) is 7.66. The van der Waals surface area contributed by atoms with Gasteiger partial charge in [-0.05, 0) is 75.6 Å². The summed E-state index contributed by atoms with van der Waals surface area (Å²) in [6, 6.07) is 11.2. The van der Waals surface area contributed by atoms with Crippen LogP contribution in [0.3, 0.4) is 0 Å². The predicted octanol–water partition coefficient (Wildman–Crippen LogP) is 4.80. The van der Waals surface area contributed by atoms with Crippen molar-refractivity contribution in [3.63, 3.8) is 0 Å². The first kappa shape index (κ1) is 18.7. The highest BCUT2D eigenvalue weighted by Gasteiger charge is 2.24. The van der Waals surface area contributed by atoms with E-state index in [1.54, 1.807) is 18.2 Å². The van der Waals surface area contributed by atoms with Gasteiger partial charge in [-0.1, -0.05) is 17.7 Å². The number of benzene rings is 2. The van der Waals surface area contributed by atoms with E-state index in [0.717, 1.165) is 18.7 Å². The van der Waals surface area contributed by atoms with Crippen LogP contribution in [0.15, 0.2) is 36.4 Å².